The van der Waals surface area contributed by atoms with Gasteiger partial charge in [0, 0.05) is 50.2 Å². The van der Waals surface area contributed by atoms with E-state index in [-0.39, 0.29) is 0 Å². The first kappa shape index (κ1) is 29.3. The van der Waals surface area contributed by atoms with Crippen LogP contribution in [0, 0.1) is 0 Å². The molecule has 0 aliphatic rings. The number of aromatic nitrogens is 4. The van der Waals surface area contributed by atoms with Gasteiger partial charge in [0.25, 0.3) is 0 Å². The summed E-state index contributed by atoms with van der Waals surface area (Å²) in [6.45, 7) is 0. The molecule has 0 bridgehead atoms. The van der Waals surface area contributed by atoms with Gasteiger partial charge in [0.2, 0.25) is 0 Å². The van der Waals surface area contributed by atoms with E-state index in [9.17, 15) is 0 Å². The first-order valence-electron chi connectivity index (χ1n) is 16.7. The van der Waals surface area contributed by atoms with Gasteiger partial charge in [0.15, 0.2) is 17.5 Å². The molecule has 0 saturated carbocycles. The number of nitrogens with zero attached hydrogens (tertiary/aromatic N) is 5. The van der Waals surface area contributed by atoms with E-state index >= 15 is 0 Å². The van der Waals surface area contributed by atoms with Gasteiger partial charge in [-0.2, -0.15) is 0 Å². The second-order valence-corrected chi connectivity index (χ2v) is 12.1. The van der Waals surface area contributed by atoms with Crippen LogP contribution >= 0.6 is 0 Å². The zero-order valence-corrected chi connectivity index (χ0v) is 27.1. The predicted molar refractivity (Wildman–Crippen MR) is 205 cm³/mol. The van der Waals surface area contributed by atoms with Gasteiger partial charge in [-0.05, 0) is 60.7 Å². The number of anilines is 3. The summed E-state index contributed by atoms with van der Waals surface area (Å²) in [5.74, 6) is 1.92. The highest BCUT2D eigenvalue weighted by molar-refractivity contribution is 6.10. The molecule has 0 N–H and O–H groups in total. The molecule has 9 rings (SSSR count). The number of benzene rings is 7. The molecule has 0 spiro atoms. The molecule has 236 valence electrons. The van der Waals surface area contributed by atoms with E-state index in [1.807, 2.05) is 60.7 Å². The topological polar surface area (TPSA) is 46.8 Å². The number of fused-ring (bicyclic) bond motifs is 3. The Labute approximate surface area is 290 Å². The standard InChI is InChI=1S/C45H31N5/c1-5-16-32(17-6-1)43-46-44(33-18-7-2-8-19-33)48-45(47-43)34-20-15-25-37(30-34)50-41-27-14-13-26-39(41)40-31-38(28-29-42(40)50)49(35-21-9-3-10-22-35)36-23-11-4-12-24-36/h1-31H. The maximum Gasteiger partial charge on any atom is 0.164 e. The SMILES string of the molecule is c1ccc(-c2nc(-c3ccccc3)nc(-c3cccc(-n4c5ccccc5c5cc(N(c6ccccc6)c6ccccc6)ccc54)c3)n2)cc1. The molecule has 0 radical (unpaired) electrons. The zero-order valence-electron chi connectivity index (χ0n) is 27.1. The molecule has 0 saturated heterocycles. The highest BCUT2D eigenvalue weighted by Crippen LogP contribution is 2.40. The first-order chi connectivity index (χ1) is 24.8. The monoisotopic (exact) mass is 641 g/mol. The lowest BCUT2D eigenvalue weighted by Crippen LogP contribution is -2.09. The average Bonchev–Trinajstić information content (AvgIpc) is 3.53. The summed E-state index contributed by atoms with van der Waals surface area (Å²) in [5.41, 5.74) is 9.41. The molecular weight excluding hydrogens is 611 g/mol. The molecule has 9 aromatic rings. The Balaban J connectivity index is 1.20. The second-order valence-electron chi connectivity index (χ2n) is 12.1. The fourth-order valence-electron chi connectivity index (χ4n) is 6.70. The van der Waals surface area contributed by atoms with E-state index in [0.29, 0.717) is 17.5 Å². The number of para-hydroxylation sites is 3. The molecular formula is C45H31N5. The Hall–Kier alpha value is -6.85. The third-order valence-electron chi connectivity index (χ3n) is 9.01. The quantitative estimate of drug-likeness (QED) is 0.174. The van der Waals surface area contributed by atoms with Crippen molar-refractivity contribution < 1.29 is 0 Å². The molecule has 50 heavy (non-hydrogen) atoms. The van der Waals surface area contributed by atoms with Crippen LogP contribution < -0.4 is 4.90 Å². The number of rotatable bonds is 7. The predicted octanol–water partition coefficient (Wildman–Crippen LogP) is 11.4. The van der Waals surface area contributed by atoms with Crippen LogP contribution in [-0.2, 0) is 0 Å². The third-order valence-corrected chi connectivity index (χ3v) is 9.01. The van der Waals surface area contributed by atoms with Crippen LogP contribution in [0.5, 0.6) is 0 Å². The van der Waals surface area contributed by atoms with Gasteiger partial charge >= 0.3 is 0 Å². The van der Waals surface area contributed by atoms with Crippen molar-refractivity contribution in [2.75, 3.05) is 4.90 Å². The van der Waals surface area contributed by atoms with E-state index in [2.05, 4.69) is 137 Å². The average molecular weight is 642 g/mol. The molecule has 2 heterocycles. The van der Waals surface area contributed by atoms with Crippen molar-refractivity contribution in [3.8, 4) is 39.9 Å². The van der Waals surface area contributed by atoms with Crippen LogP contribution in [0.25, 0.3) is 61.7 Å². The summed E-state index contributed by atoms with van der Waals surface area (Å²) < 4.78 is 2.34. The zero-order chi connectivity index (χ0) is 33.3. The first-order valence-corrected chi connectivity index (χ1v) is 16.7. The van der Waals surface area contributed by atoms with Crippen molar-refractivity contribution in [1.29, 1.82) is 0 Å². The van der Waals surface area contributed by atoms with Crippen LogP contribution in [0.2, 0.25) is 0 Å². The fraction of sp³-hybridized carbons (Fsp3) is 0. The molecule has 0 amide bonds. The molecule has 5 nitrogen and oxygen atoms in total. The van der Waals surface area contributed by atoms with E-state index in [4.69, 9.17) is 15.0 Å². The van der Waals surface area contributed by atoms with Gasteiger partial charge in [-0.25, -0.2) is 15.0 Å². The fourth-order valence-corrected chi connectivity index (χ4v) is 6.70. The highest BCUT2D eigenvalue weighted by Gasteiger charge is 2.18. The van der Waals surface area contributed by atoms with Gasteiger partial charge in [-0.15, -0.1) is 0 Å². The van der Waals surface area contributed by atoms with Crippen molar-refractivity contribution >= 4 is 38.9 Å². The second kappa shape index (κ2) is 12.6. The van der Waals surface area contributed by atoms with Gasteiger partial charge < -0.3 is 9.47 Å². The summed E-state index contributed by atoms with van der Waals surface area (Å²) >= 11 is 0. The lowest BCUT2D eigenvalue weighted by molar-refractivity contribution is 1.07. The van der Waals surface area contributed by atoms with E-state index < -0.39 is 0 Å². The summed E-state index contributed by atoms with van der Waals surface area (Å²) in [6.07, 6.45) is 0. The Kier molecular flexibility index (Phi) is 7.41. The minimum Gasteiger partial charge on any atom is -0.310 e. The van der Waals surface area contributed by atoms with Gasteiger partial charge in [-0.1, -0.05) is 127 Å². The summed E-state index contributed by atoms with van der Waals surface area (Å²) in [4.78, 5) is 17.2. The van der Waals surface area contributed by atoms with Gasteiger partial charge in [0.05, 0.1) is 11.0 Å². The molecule has 7 aromatic carbocycles. The van der Waals surface area contributed by atoms with Crippen LogP contribution in [0.4, 0.5) is 17.1 Å². The van der Waals surface area contributed by atoms with E-state index in [0.717, 1.165) is 50.5 Å². The Morgan fingerprint density at radius 2 is 0.820 bits per heavy atom. The van der Waals surface area contributed by atoms with Crippen molar-refractivity contribution in [3.05, 3.63) is 188 Å². The number of hydrogen-bond acceptors (Lipinski definition) is 4. The molecule has 2 aromatic heterocycles. The Morgan fingerprint density at radius 3 is 1.42 bits per heavy atom. The lowest BCUT2D eigenvalue weighted by atomic mass is 10.1. The summed E-state index contributed by atoms with van der Waals surface area (Å²) in [5, 5.41) is 2.37. The van der Waals surface area contributed by atoms with Gasteiger partial charge in [-0.3, -0.25) is 0 Å². The molecule has 0 unspecified atom stereocenters. The van der Waals surface area contributed by atoms with Crippen LogP contribution in [0.3, 0.4) is 0 Å². The summed E-state index contributed by atoms with van der Waals surface area (Å²) in [6, 6.07) is 65.1. The molecule has 0 aliphatic carbocycles. The maximum absolute atomic E-state index is 5.00. The van der Waals surface area contributed by atoms with Crippen LogP contribution in [0.1, 0.15) is 0 Å². The van der Waals surface area contributed by atoms with Crippen molar-refractivity contribution in [2.24, 2.45) is 0 Å². The van der Waals surface area contributed by atoms with Crippen LogP contribution in [-0.4, -0.2) is 19.5 Å². The minimum atomic E-state index is 0.629. The van der Waals surface area contributed by atoms with Crippen molar-refractivity contribution in [3.63, 3.8) is 0 Å². The lowest BCUT2D eigenvalue weighted by Gasteiger charge is -2.25. The van der Waals surface area contributed by atoms with Crippen LogP contribution in [0.15, 0.2) is 188 Å². The largest absolute Gasteiger partial charge is 0.310 e. The molecule has 5 heteroatoms. The van der Waals surface area contributed by atoms with E-state index in [1.54, 1.807) is 0 Å². The molecule has 0 fully saturated rings. The summed E-state index contributed by atoms with van der Waals surface area (Å²) in [7, 11) is 0. The normalized spacial score (nSPS) is 11.2. The van der Waals surface area contributed by atoms with Crippen molar-refractivity contribution in [2.45, 2.75) is 0 Å². The van der Waals surface area contributed by atoms with Crippen molar-refractivity contribution in [1.82, 2.24) is 19.5 Å². The Bertz CT molecular complexity index is 2480. The van der Waals surface area contributed by atoms with E-state index in [1.165, 1.54) is 10.8 Å². The molecule has 0 atom stereocenters. The maximum atomic E-state index is 5.00. The number of hydrogen-bond donors (Lipinski definition) is 0. The Morgan fingerprint density at radius 1 is 0.340 bits per heavy atom. The third kappa shape index (κ3) is 5.37. The highest BCUT2D eigenvalue weighted by atomic mass is 15.1. The molecule has 0 aliphatic heterocycles. The minimum absolute atomic E-state index is 0.629. The smallest absolute Gasteiger partial charge is 0.164 e. The van der Waals surface area contributed by atoms with Gasteiger partial charge in [0.1, 0.15) is 0 Å².